The van der Waals surface area contributed by atoms with Crippen molar-refractivity contribution in [1.82, 2.24) is 10.4 Å². The summed E-state index contributed by atoms with van der Waals surface area (Å²) in [4.78, 5) is 19.4. The van der Waals surface area contributed by atoms with Gasteiger partial charge in [0.1, 0.15) is 0 Å². The van der Waals surface area contributed by atoms with Crippen molar-refractivity contribution in [3.8, 4) is 0 Å². The molecule has 5 nitrogen and oxygen atoms in total. The predicted octanol–water partition coefficient (Wildman–Crippen LogP) is 4.61. The van der Waals surface area contributed by atoms with Gasteiger partial charge in [0.15, 0.2) is 11.6 Å². The Morgan fingerprint density at radius 1 is 1.26 bits per heavy atom. The molecule has 2 aromatic rings. The number of benzene rings is 2. The summed E-state index contributed by atoms with van der Waals surface area (Å²) in [5, 5.41) is 2.83. The molecule has 0 unspecified atom stereocenters. The van der Waals surface area contributed by atoms with E-state index in [1.807, 2.05) is 38.1 Å². The number of amides is 1. The summed E-state index contributed by atoms with van der Waals surface area (Å²) in [7, 11) is 3.73. The fourth-order valence-corrected chi connectivity index (χ4v) is 3.25. The van der Waals surface area contributed by atoms with Gasteiger partial charge in [0, 0.05) is 15.8 Å². The predicted molar refractivity (Wildman–Crippen MR) is 113 cm³/mol. The highest BCUT2D eigenvalue weighted by molar-refractivity contribution is 14.1. The Morgan fingerprint density at radius 2 is 1.96 bits per heavy atom. The van der Waals surface area contributed by atoms with Crippen molar-refractivity contribution in [2.75, 3.05) is 32.6 Å². The Kier molecular flexibility index (Phi) is 7.95. The molecule has 27 heavy (non-hydrogen) atoms. The van der Waals surface area contributed by atoms with E-state index >= 15 is 0 Å². The average Bonchev–Trinajstić information content (AvgIpc) is 2.60. The summed E-state index contributed by atoms with van der Waals surface area (Å²) in [5.74, 6) is -2.91. The van der Waals surface area contributed by atoms with Crippen molar-refractivity contribution >= 4 is 55.8 Å². The first-order valence-electron chi connectivity index (χ1n) is 7.98. The lowest BCUT2D eigenvalue weighted by Gasteiger charge is -2.16. The smallest absolute Gasteiger partial charge is 0.277 e. The number of hydrogen-bond acceptors (Lipinski definition) is 4. The molecule has 2 aromatic carbocycles. The number of hydroxylamine groups is 1. The van der Waals surface area contributed by atoms with E-state index in [-0.39, 0.29) is 22.3 Å². The van der Waals surface area contributed by atoms with E-state index < -0.39 is 17.5 Å². The van der Waals surface area contributed by atoms with Crippen molar-refractivity contribution in [3.05, 3.63) is 55.1 Å². The minimum atomic E-state index is -1.15. The van der Waals surface area contributed by atoms with Crippen LogP contribution in [0.4, 0.5) is 20.2 Å². The van der Waals surface area contributed by atoms with Crippen molar-refractivity contribution in [2.24, 2.45) is 0 Å². The molecule has 2 rings (SSSR count). The van der Waals surface area contributed by atoms with E-state index in [2.05, 4.69) is 49.3 Å². The monoisotopic (exact) mass is 553 g/mol. The molecule has 0 saturated carbocycles. The second-order valence-electron chi connectivity index (χ2n) is 6.08. The van der Waals surface area contributed by atoms with E-state index in [1.54, 1.807) is 6.07 Å². The molecule has 0 bridgehead atoms. The summed E-state index contributed by atoms with van der Waals surface area (Å²) < 4.78 is 29.5. The molecule has 0 atom stereocenters. The molecular formula is C18H19BrF2IN3O2. The SMILES string of the molecule is Cc1cc(I)ccc1Nc1c(C(=O)NOCCN(C)C)cc(Br)c(F)c1F. The molecule has 2 N–H and O–H groups in total. The van der Waals surface area contributed by atoms with Gasteiger partial charge in [0.2, 0.25) is 0 Å². The number of likely N-dealkylation sites (N-methyl/N-ethyl adjacent to an activating group) is 1. The van der Waals surface area contributed by atoms with Crippen LogP contribution in [-0.2, 0) is 4.84 Å². The molecule has 0 aromatic heterocycles. The number of carbonyl (C=O) groups excluding carboxylic acids is 1. The number of carbonyl (C=O) groups is 1. The molecule has 0 aliphatic heterocycles. The van der Waals surface area contributed by atoms with Gasteiger partial charge < -0.3 is 10.2 Å². The van der Waals surface area contributed by atoms with E-state index in [0.29, 0.717) is 12.2 Å². The fraction of sp³-hybridized carbons (Fsp3) is 0.278. The van der Waals surface area contributed by atoms with Crippen LogP contribution in [0.25, 0.3) is 0 Å². The highest BCUT2D eigenvalue weighted by atomic mass is 127. The molecule has 0 fully saturated rings. The number of halogens is 4. The van der Waals surface area contributed by atoms with Crippen LogP contribution < -0.4 is 10.8 Å². The minimum absolute atomic E-state index is 0.0800. The lowest BCUT2D eigenvalue weighted by atomic mass is 10.1. The third kappa shape index (κ3) is 5.84. The van der Waals surface area contributed by atoms with Crippen LogP contribution in [-0.4, -0.2) is 38.1 Å². The van der Waals surface area contributed by atoms with Crippen molar-refractivity contribution in [1.29, 1.82) is 0 Å². The maximum Gasteiger partial charge on any atom is 0.277 e. The van der Waals surface area contributed by atoms with Gasteiger partial charge in [-0.2, -0.15) is 0 Å². The lowest BCUT2D eigenvalue weighted by Crippen LogP contribution is -2.29. The zero-order valence-electron chi connectivity index (χ0n) is 15.0. The molecule has 146 valence electrons. The second kappa shape index (κ2) is 9.76. The van der Waals surface area contributed by atoms with Crippen molar-refractivity contribution in [2.45, 2.75) is 6.92 Å². The van der Waals surface area contributed by atoms with E-state index in [1.165, 1.54) is 6.07 Å². The van der Waals surface area contributed by atoms with E-state index in [0.717, 1.165) is 9.13 Å². The molecule has 0 saturated heterocycles. The van der Waals surface area contributed by atoms with Gasteiger partial charge in [0.25, 0.3) is 5.91 Å². The molecule has 0 aliphatic rings. The maximum atomic E-state index is 14.6. The summed E-state index contributed by atoms with van der Waals surface area (Å²) in [6, 6.07) is 6.67. The highest BCUT2D eigenvalue weighted by Gasteiger charge is 2.22. The molecular weight excluding hydrogens is 535 g/mol. The van der Waals surface area contributed by atoms with Crippen LogP contribution in [0, 0.1) is 22.1 Å². The third-order valence-corrected chi connectivity index (χ3v) is 4.91. The van der Waals surface area contributed by atoms with E-state index in [9.17, 15) is 13.6 Å². The Balaban J connectivity index is 2.32. The van der Waals surface area contributed by atoms with Crippen LogP contribution in [0.2, 0.25) is 0 Å². The largest absolute Gasteiger partial charge is 0.352 e. The van der Waals surface area contributed by atoms with Crippen LogP contribution >= 0.6 is 38.5 Å². The third-order valence-electron chi connectivity index (χ3n) is 3.66. The van der Waals surface area contributed by atoms with Gasteiger partial charge in [0.05, 0.1) is 22.3 Å². The number of nitrogens with zero attached hydrogens (tertiary/aromatic N) is 1. The Bertz CT molecular complexity index is 850. The standard InChI is InChI=1S/C18H19BrF2IN3O2/c1-10-8-11(22)4-5-14(10)23-17-12(9-13(19)15(20)16(17)21)18(26)24-27-7-6-25(2)3/h4-5,8-9,23H,6-7H2,1-3H3,(H,24,26). The fourth-order valence-electron chi connectivity index (χ4n) is 2.20. The van der Waals surface area contributed by atoms with Crippen molar-refractivity contribution < 1.29 is 18.4 Å². The number of aryl methyl sites for hydroxylation is 1. The zero-order chi connectivity index (χ0) is 20.1. The quantitative estimate of drug-likeness (QED) is 0.228. The topological polar surface area (TPSA) is 53.6 Å². The summed E-state index contributed by atoms with van der Waals surface area (Å²) in [5.41, 5.74) is 3.33. The van der Waals surface area contributed by atoms with Crippen LogP contribution in [0.5, 0.6) is 0 Å². The van der Waals surface area contributed by atoms with Crippen LogP contribution in [0.15, 0.2) is 28.7 Å². The number of hydrogen-bond donors (Lipinski definition) is 2. The first-order chi connectivity index (χ1) is 12.7. The first-order valence-corrected chi connectivity index (χ1v) is 9.85. The average molecular weight is 554 g/mol. The van der Waals surface area contributed by atoms with Gasteiger partial charge in [-0.05, 0) is 89.4 Å². The van der Waals surface area contributed by atoms with Gasteiger partial charge in [-0.15, -0.1) is 0 Å². The van der Waals surface area contributed by atoms with Crippen LogP contribution in [0.3, 0.4) is 0 Å². The van der Waals surface area contributed by atoms with Crippen molar-refractivity contribution in [3.63, 3.8) is 0 Å². The molecule has 9 heteroatoms. The summed E-state index contributed by atoms with van der Waals surface area (Å²) >= 11 is 5.10. The van der Waals surface area contributed by atoms with Crippen LogP contribution in [0.1, 0.15) is 15.9 Å². The number of anilines is 2. The Hall–Kier alpha value is -1.30. The first kappa shape index (κ1) is 22.0. The lowest BCUT2D eigenvalue weighted by molar-refractivity contribution is 0.0263. The van der Waals surface area contributed by atoms with Gasteiger partial charge in [-0.25, -0.2) is 14.3 Å². The zero-order valence-corrected chi connectivity index (χ0v) is 18.7. The normalized spacial score (nSPS) is 11.0. The van der Waals surface area contributed by atoms with E-state index in [4.69, 9.17) is 4.84 Å². The number of nitrogens with one attached hydrogen (secondary N) is 2. The molecule has 1 amide bonds. The maximum absolute atomic E-state index is 14.6. The Morgan fingerprint density at radius 3 is 2.59 bits per heavy atom. The summed E-state index contributed by atoms with van der Waals surface area (Å²) in [6.45, 7) is 2.68. The second-order valence-corrected chi connectivity index (χ2v) is 8.18. The van der Waals surface area contributed by atoms with Gasteiger partial charge in [-0.1, -0.05) is 0 Å². The number of rotatable bonds is 7. The van der Waals surface area contributed by atoms with Gasteiger partial charge >= 0.3 is 0 Å². The molecule has 0 aliphatic carbocycles. The Labute approximate surface area is 178 Å². The minimum Gasteiger partial charge on any atom is -0.352 e. The highest BCUT2D eigenvalue weighted by Crippen LogP contribution is 2.32. The summed E-state index contributed by atoms with van der Waals surface area (Å²) in [6.07, 6.45) is 0. The van der Waals surface area contributed by atoms with Gasteiger partial charge in [-0.3, -0.25) is 9.63 Å². The molecule has 0 heterocycles. The molecule has 0 spiro atoms. The molecule has 0 radical (unpaired) electrons.